The minimum absolute atomic E-state index is 0.118. The Morgan fingerprint density at radius 1 is 1.17 bits per heavy atom. The van der Waals surface area contributed by atoms with Crippen molar-refractivity contribution in [2.75, 3.05) is 0 Å². The topological polar surface area (TPSA) is 54.4 Å². The first-order valence-electron chi connectivity index (χ1n) is 6.13. The molecule has 0 saturated carbocycles. The van der Waals surface area contributed by atoms with Crippen LogP contribution in [0.3, 0.4) is 0 Å². The molecule has 2 unspecified atom stereocenters. The van der Waals surface area contributed by atoms with Gasteiger partial charge in [0.25, 0.3) is 0 Å². The van der Waals surface area contributed by atoms with Crippen LogP contribution in [0.5, 0.6) is 0 Å². The van der Waals surface area contributed by atoms with E-state index in [9.17, 15) is 17.9 Å². The van der Waals surface area contributed by atoms with Crippen molar-refractivity contribution < 1.29 is 17.9 Å². The number of sulfone groups is 1. The van der Waals surface area contributed by atoms with Gasteiger partial charge in [0, 0.05) is 5.56 Å². The van der Waals surface area contributed by atoms with E-state index in [1.807, 2.05) is 0 Å². The van der Waals surface area contributed by atoms with Crippen LogP contribution >= 0.6 is 0 Å². The average molecular weight is 270 g/mol. The van der Waals surface area contributed by atoms with E-state index in [2.05, 4.69) is 0 Å². The van der Waals surface area contributed by atoms with Crippen LogP contribution in [0.25, 0.3) is 0 Å². The summed E-state index contributed by atoms with van der Waals surface area (Å²) in [6.07, 6.45) is 1.41. The number of fused-ring (bicyclic) bond motifs is 2. The maximum Gasteiger partial charge on any atom is 0.156 e. The molecule has 2 bridgehead atoms. The highest BCUT2D eigenvalue weighted by Crippen LogP contribution is 2.47. The van der Waals surface area contributed by atoms with Gasteiger partial charge in [0.15, 0.2) is 9.84 Å². The Labute approximate surface area is 106 Å². The van der Waals surface area contributed by atoms with Gasteiger partial charge in [-0.15, -0.1) is 0 Å². The van der Waals surface area contributed by atoms with Crippen molar-refractivity contribution in [2.24, 2.45) is 0 Å². The van der Waals surface area contributed by atoms with Crippen molar-refractivity contribution in [3.8, 4) is 0 Å². The van der Waals surface area contributed by atoms with Gasteiger partial charge in [0.2, 0.25) is 0 Å². The first kappa shape index (κ1) is 12.1. The van der Waals surface area contributed by atoms with E-state index in [-0.39, 0.29) is 18.4 Å². The summed E-state index contributed by atoms with van der Waals surface area (Å²) in [4.78, 5) is 0. The molecule has 1 aromatic rings. The lowest BCUT2D eigenvalue weighted by Crippen LogP contribution is -2.43. The Balaban J connectivity index is 2.03. The summed E-state index contributed by atoms with van der Waals surface area (Å²) in [5.74, 6) is -0.460. The van der Waals surface area contributed by atoms with Crippen LogP contribution in [0.2, 0.25) is 0 Å². The van der Waals surface area contributed by atoms with E-state index < -0.39 is 31.8 Å². The van der Waals surface area contributed by atoms with Crippen molar-refractivity contribution in [2.45, 2.75) is 41.8 Å². The minimum Gasteiger partial charge on any atom is -0.385 e. The van der Waals surface area contributed by atoms with E-state index in [0.717, 1.165) is 0 Å². The molecule has 0 spiro atoms. The summed E-state index contributed by atoms with van der Waals surface area (Å²) < 4.78 is 37.7. The van der Waals surface area contributed by atoms with Gasteiger partial charge in [0.05, 0.1) is 16.1 Å². The van der Waals surface area contributed by atoms with Gasteiger partial charge in [-0.25, -0.2) is 12.8 Å². The summed E-state index contributed by atoms with van der Waals surface area (Å²) in [7, 11) is -3.10. The molecule has 2 atom stereocenters. The molecule has 3 rings (SSSR count). The van der Waals surface area contributed by atoms with Gasteiger partial charge in [-0.3, -0.25) is 0 Å². The molecule has 0 amide bonds. The van der Waals surface area contributed by atoms with Crippen LogP contribution in [0.4, 0.5) is 4.39 Å². The molecular formula is C13H15FO3S. The van der Waals surface area contributed by atoms with E-state index in [1.165, 1.54) is 6.07 Å². The number of rotatable bonds is 1. The van der Waals surface area contributed by atoms with E-state index in [1.54, 1.807) is 18.2 Å². The Morgan fingerprint density at radius 3 is 2.28 bits per heavy atom. The molecule has 0 aromatic heterocycles. The smallest absolute Gasteiger partial charge is 0.156 e. The second-order valence-electron chi connectivity index (χ2n) is 5.33. The van der Waals surface area contributed by atoms with Crippen LogP contribution < -0.4 is 0 Å². The van der Waals surface area contributed by atoms with Gasteiger partial charge in [-0.05, 0) is 31.7 Å². The molecule has 0 radical (unpaired) electrons. The molecule has 18 heavy (non-hydrogen) atoms. The van der Waals surface area contributed by atoms with Crippen molar-refractivity contribution in [1.29, 1.82) is 0 Å². The van der Waals surface area contributed by atoms with Crippen LogP contribution in [-0.2, 0) is 15.4 Å². The number of aliphatic hydroxyl groups is 1. The monoisotopic (exact) mass is 270 g/mol. The Kier molecular flexibility index (Phi) is 2.54. The molecule has 1 aromatic carbocycles. The third kappa shape index (κ3) is 1.61. The fourth-order valence-electron chi connectivity index (χ4n) is 3.30. The lowest BCUT2D eigenvalue weighted by molar-refractivity contribution is 0.0140. The molecule has 1 N–H and O–H groups in total. The maximum absolute atomic E-state index is 13.8. The van der Waals surface area contributed by atoms with Gasteiger partial charge in [0.1, 0.15) is 5.82 Å². The second kappa shape index (κ2) is 3.78. The fraction of sp³-hybridized carbons (Fsp3) is 0.538. The molecule has 2 fully saturated rings. The Morgan fingerprint density at radius 2 is 1.72 bits per heavy atom. The maximum atomic E-state index is 13.8. The SMILES string of the molecule is O=S1(=O)C2CCC1CC(O)(c1ccccc1F)C2. The first-order chi connectivity index (χ1) is 8.43. The number of benzene rings is 1. The van der Waals surface area contributed by atoms with Crippen molar-refractivity contribution in [1.82, 2.24) is 0 Å². The van der Waals surface area contributed by atoms with Crippen LogP contribution in [0, 0.1) is 5.82 Å². The standard InChI is InChI=1S/C13H15FO3S/c14-12-4-2-1-3-11(12)13(15)7-9-5-6-10(8-13)18(9,16)17/h1-4,9-10,15H,5-8H2. The third-order valence-corrected chi connectivity index (χ3v) is 6.91. The molecule has 2 heterocycles. The predicted molar refractivity (Wildman–Crippen MR) is 65.3 cm³/mol. The summed E-state index contributed by atoms with van der Waals surface area (Å²) in [6, 6.07) is 6.09. The van der Waals surface area contributed by atoms with Crippen molar-refractivity contribution in [3.05, 3.63) is 35.6 Å². The average Bonchev–Trinajstić information content (AvgIpc) is 2.51. The number of halogens is 1. The Bertz CT molecular complexity index is 562. The first-order valence-corrected chi connectivity index (χ1v) is 7.74. The lowest BCUT2D eigenvalue weighted by atomic mass is 9.85. The van der Waals surface area contributed by atoms with Crippen LogP contribution in [0.1, 0.15) is 31.2 Å². The lowest BCUT2D eigenvalue weighted by Gasteiger charge is -2.36. The van der Waals surface area contributed by atoms with Crippen molar-refractivity contribution >= 4 is 9.84 Å². The normalized spacial score (nSPS) is 37.7. The van der Waals surface area contributed by atoms with E-state index >= 15 is 0 Å². The molecule has 3 nitrogen and oxygen atoms in total. The highest BCUT2D eigenvalue weighted by atomic mass is 32.2. The molecule has 0 aliphatic carbocycles. The highest BCUT2D eigenvalue weighted by molar-refractivity contribution is 7.93. The minimum atomic E-state index is -3.10. The van der Waals surface area contributed by atoms with Gasteiger partial charge < -0.3 is 5.11 Å². The van der Waals surface area contributed by atoms with Gasteiger partial charge in [-0.2, -0.15) is 0 Å². The molecule has 2 aliphatic heterocycles. The summed E-state index contributed by atoms with van der Waals surface area (Å²) in [5, 5.41) is 9.61. The zero-order valence-electron chi connectivity index (χ0n) is 9.84. The molecule has 2 aliphatic rings. The van der Waals surface area contributed by atoms with E-state index in [4.69, 9.17) is 0 Å². The largest absolute Gasteiger partial charge is 0.385 e. The summed E-state index contributed by atoms with van der Waals surface area (Å²) in [6.45, 7) is 0. The van der Waals surface area contributed by atoms with Gasteiger partial charge in [-0.1, -0.05) is 18.2 Å². The fourth-order valence-corrected chi connectivity index (χ4v) is 5.79. The molecule has 98 valence electrons. The summed E-state index contributed by atoms with van der Waals surface area (Å²) >= 11 is 0. The van der Waals surface area contributed by atoms with Crippen molar-refractivity contribution in [3.63, 3.8) is 0 Å². The van der Waals surface area contributed by atoms with Crippen LogP contribution in [0.15, 0.2) is 24.3 Å². The Hall–Kier alpha value is -0.940. The second-order valence-corrected chi connectivity index (χ2v) is 7.84. The molecular weight excluding hydrogens is 255 g/mol. The molecule has 2 saturated heterocycles. The quantitative estimate of drug-likeness (QED) is 0.846. The highest BCUT2D eigenvalue weighted by Gasteiger charge is 2.53. The molecule has 5 heteroatoms. The van der Waals surface area contributed by atoms with E-state index in [0.29, 0.717) is 12.8 Å². The number of hydrogen-bond donors (Lipinski definition) is 1. The number of hydrogen-bond acceptors (Lipinski definition) is 3. The third-order valence-electron chi connectivity index (χ3n) is 4.25. The zero-order valence-corrected chi connectivity index (χ0v) is 10.7. The van der Waals surface area contributed by atoms with Crippen LogP contribution in [-0.4, -0.2) is 24.0 Å². The zero-order chi connectivity index (χ0) is 13.0. The summed E-state index contributed by atoms with van der Waals surface area (Å²) in [5.41, 5.74) is -1.10. The van der Waals surface area contributed by atoms with Gasteiger partial charge >= 0.3 is 0 Å². The predicted octanol–water partition coefficient (Wildman–Crippen LogP) is 1.75.